The van der Waals surface area contributed by atoms with Crippen molar-refractivity contribution in [3.05, 3.63) is 0 Å². The number of rotatable bonds is 4. The molecule has 0 aromatic rings. The van der Waals surface area contributed by atoms with Gasteiger partial charge < -0.3 is 5.32 Å². The van der Waals surface area contributed by atoms with E-state index in [0.717, 1.165) is 32.2 Å². The Labute approximate surface area is 98.9 Å². The molecule has 16 heavy (non-hydrogen) atoms. The third-order valence-electron chi connectivity index (χ3n) is 3.83. The van der Waals surface area contributed by atoms with Gasteiger partial charge in [0.15, 0.2) is 9.84 Å². The fraction of sp³-hybridized carbons (Fsp3) is 1.00. The van der Waals surface area contributed by atoms with Crippen LogP contribution in [-0.4, -0.2) is 32.5 Å². The van der Waals surface area contributed by atoms with Gasteiger partial charge in [-0.15, -0.1) is 0 Å². The Morgan fingerprint density at radius 2 is 1.69 bits per heavy atom. The van der Waals surface area contributed by atoms with Crippen LogP contribution >= 0.6 is 0 Å². The summed E-state index contributed by atoms with van der Waals surface area (Å²) in [4.78, 5) is 0. The van der Waals surface area contributed by atoms with Gasteiger partial charge in [-0.05, 0) is 38.1 Å². The molecule has 4 heteroatoms. The summed E-state index contributed by atoms with van der Waals surface area (Å²) in [5.41, 5.74) is 0. The Balaban J connectivity index is 1.81. The Morgan fingerprint density at radius 1 is 0.938 bits per heavy atom. The van der Waals surface area contributed by atoms with Crippen molar-refractivity contribution in [3.63, 3.8) is 0 Å². The van der Waals surface area contributed by atoms with E-state index in [1.165, 1.54) is 19.3 Å². The maximum atomic E-state index is 12.0. The first-order chi connectivity index (χ1) is 7.66. The first-order valence-corrected chi connectivity index (χ1v) is 8.42. The topological polar surface area (TPSA) is 46.2 Å². The smallest absolute Gasteiger partial charge is 0.152 e. The molecule has 0 radical (unpaired) electrons. The summed E-state index contributed by atoms with van der Waals surface area (Å²) in [7, 11) is -2.83. The van der Waals surface area contributed by atoms with E-state index in [1.807, 2.05) is 0 Å². The first kappa shape index (κ1) is 12.4. The normalized spacial score (nSPS) is 28.4. The second-order valence-corrected chi connectivity index (χ2v) is 7.53. The predicted molar refractivity (Wildman–Crippen MR) is 66.3 cm³/mol. The van der Waals surface area contributed by atoms with Crippen molar-refractivity contribution in [1.82, 2.24) is 5.32 Å². The van der Waals surface area contributed by atoms with Gasteiger partial charge in [-0.3, -0.25) is 0 Å². The van der Waals surface area contributed by atoms with Gasteiger partial charge in [0, 0.05) is 6.04 Å². The van der Waals surface area contributed by atoms with E-state index in [0.29, 0.717) is 17.4 Å². The summed E-state index contributed by atoms with van der Waals surface area (Å²) in [6, 6.07) is 0.230. The standard InChI is InChI=1S/C12H23NO2S/c14-16(15,10-12-7-4-8-13-12)9-11-5-2-1-3-6-11/h11-13H,1-10H2. The third-order valence-corrected chi connectivity index (χ3v) is 5.72. The Kier molecular flexibility index (Phi) is 4.25. The Morgan fingerprint density at radius 3 is 2.31 bits per heavy atom. The minimum atomic E-state index is -2.83. The average molecular weight is 245 g/mol. The number of hydrogen-bond acceptors (Lipinski definition) is 3. The molecule has 3 nitrogen and oxygen atoms in total. The predicted octanol–water partition coefficient (Wildman–Crippen LogP) is 1.73. The van der Waals surface area contributed by atoms with E-state index >= 15 is 0 Å². The maximum absolute atomic E-state index is 12.0. The zero-order chi connectivity index (χ0) is 11.4. The van der Waals surface area contributed by atoms with Gasteiger partial charge in [-0.1, -0.05) is 19.3 Å². The second kappa shape index (κ2) is 5.50. The highest BCUT2D eigenvalue weighted by atomic mass is 32.2. The van der Waals surface area contributed by atoms with Crippen molar-refractivity contribution < 1.29 is 8.42 Å². The van der Waals surface area contributed by atoms with E-state index in [-0.39, 0.29) is 6.04 Å². The van der Waals surface area contributed by atoms with Crippen LogP contribution in [0.15, 0.2) is 0 Å². The third kappa shape index (κ3) is 3.74. The summed E-state index contributed by atoms with van der Waals surface area (Å²) in [6.45, 7) is 0.990. The van der Waals surface area contributed by atoms with E-state index in [1.54, 1.807) is 0 Å². The SMILES string of the molecule is O=S(=O)(CC1CCCCC1)CC1CCCN1. The highest BCUT2D eigenvalue weighted by Gasteiger charge is 2.25. The molecule has 2 aliphatic rings. The van der Waals surface area contributed by atoms with Gasteiger partial charge in [0.2, 0.25) is 0 Å². The molecule has 0 aromatic carbocycles. The Bertz CT molecular complexity index is 301. The lowest BCUT2D eigenvalue weighted by molar-refractivity contribution is 0.384. The highest BCUT2D eigenvalue weighted by molar-refractivity contribution is 7.91. The van der Waals surface area contributed by atoms with Crippen LogP contribution in [0.3, 0.4) is 0 Å². The molecular weight excluding hydrogens is 222 g/mol. The molecule has 1 heterocycles. The second-order valence-electron chi connectivity index (χ2n) is 5.37. The summed E-state index contributed by atoms with van der Waals surface area (Å²) in [5.74, 6) is 1.24. The molecular formula is C12H23NO2S. The van der Waals surface area contributed by atoms with Crippen LogP contribution in [0.25, 0.3) is 0 Å². The van der Waals surface area contributed by atoms with Crippen molar-refractivity contribution in [1.29, 1.82) is 0 Å². The zero-order valence-electron chi connectivity index (χ0n) is 9.95. The van der Waals surface area contributed by atoms with Crippen LogP contribution < -0.4 is 5.32 Å². The van der Waals surface area contributed by atoms with Crippen LogP contribution in [0.2, 0.25) is 0 Å². The van der Waals surface area contributed by atoms with Gasteiger partial charge in [0.25, 0.3) is 0 Å². The minimum Gasteiger partial charge on any atom is -0.313 e. The summed E-state index contributed by atoms with van der Waals surface area (Å²) < 4.78 is 24.0. The summed E-state index contributed by atoms with van der Waals surface area (Å²) >= 11 is 0. The van der Waals surface area contributed by atoms with E-state index < -0.39 is 9.84 Å². The van der Waals surface area contributed by atoms with E-state index in [4.69, 9.17) is 0 Å². The largest absolute Gasteiger partial charge is 0.313 e. The van der Waals surface area contributed by atoms with E-state index in [9.17, 15) is 8.42 Å². The lowest BCUT2D eigenvalue weighted by atomic mass is 9.91. The van der Waals surface area contributed by atoms with Gasteiger partial charge in [0.1, 0.15) is 0 Å². The molecule has 1 N–H and O–H groups in total. The van der Waals surface area contributed by atoms with Crippen LogP contribution in [0, 0.1) is 5.92 Å². The average Bonchev–Trinajstić information content (AvgIpc) is 2.70. The molecule has 2 fully saturated rings. The number of sulfone groups is 1. The van der Waals surface area contributed by atoms with Gasteiger partial charge in [-0.2, -0.15) is 0 Å². The van der Waals surface area contributed by atoms with Crippen LogP contribution in [-0.2, 0) is 9.84 Å². The van der Waals surface area contributed by atoms with Crippen LogP contribution in [0.4, 0.5) is 0 Å². The summed E-state index contributed by atoms with van der Waals surface area (Å²) in [5, 5.41) is 3.27. The van der Waals surface area contributed by atoms with Crippen molar-refractivity contribution in [2.75, 3.05) is 18.1 Å². The molecule has 1 saturated heterocycles. The number of hydrogen-bond donors (Lipinski definition) is 1. The molecule has 0 amide bonds. The highest BCUT2D eigenvalue weighted by Crippen LogP contribution is 2.25. The maximum Gasteiger partial charge on any atom is 0.152 e. The van der Waals surface area contributed by atoms with Gasteiger partial charge >= 0.3 is 0 Å². The Hall–Kier alpha value is -0.0900. The van der Waals surface area contributed by atoms with Crippen LogP contribution in [0.5, 0.6) is 0 Å². The fourth-order valence-electron chi connectivity index (χ4n) is 2.99. The zero-order valence-corrected chi connectivity index (χ0v) is 10.8. The molecule has 1 atom stereocenters. The van der Waals surface area contributed by atoms with Crippen molar-refractivity contribution in [2.45, 2.75) is 51.0 Å². The van der Waals surface area contributed by atoms with Crippen LogP contribution in [0.1, 0.15) is 44.9 Å². The molecule has 0 bridgehead atoms. The molecule has 0 spiro atoms. The first-order valence-electron chi connectivity index (χ1n) is 6.59. The lowest BCUT2D eigenvalue weighted by Gasteiger charge is -2.22. The molecule has 0 aromatic heterocycles. The monoisotopic (exact) mass is 245 g/mol. The molecule has 1 saturated carbocycles. The molecule has 1 aliphatic heterocycles. The quantitative estimate of drug-likeness (QED) is 0.820. The summed E-state index contributed by atoms with van der Waals surface area (Å²) in [6.07, 6.45) is 8.15. The molecule has 2 rings (SSSR count). The minimum absolute atomic E-state index is 0.230. The van der Waals surface area contributed by atoms with Crippen molar-refractivity contribution >= 4 is 9.84 Å². The molecule has 1 unspecified atom stereocenters. The van der Waals surface area contributed by atoms with Gasteiger partial charge in [0.05, 0.1) is 11.5 Å². The molecule has 94 valence electrons. The van der Waals surface area contributed by atoms with Crippen molar-refractivity contribution in [2.24, 2.45) is 5.92 Å². The van der Waals surface area contributed by atoms with E-state index in [2.05, 4.69) is 5.32 Å². The number of nitrogens with one attached hydrogen (secondary N) is 1. The van der Waals surface area contributed by atoms with Crippen molar-refractivity contribution in [3.8, 4) is 0 Å². The van der Waals surface area contributed by atoms with Gasteiger partial charge in [-0.25, -0.2) is 8.42 Å². The molecule has 1 aliphatic carbocycles. The fourth-order valence-corrected chi connectivity index (χ4v) is 5.07. The lowest BCUT2D eigenvalue weighted by Crippen LogP contribution is -2.32.